The monoisotopic (exact) mass is 336 g/mol. The van der Waals surface area contributed by atoms with Gasteiger partial charge in [-0.15, -0.1) is 0 Å². The zero-order valence-corrected chi connectivity index (χ0v) is 15.4. The normalized spacial score (nSPS) is 47.8. The summed E-state index contributed by atoms with van der Waals surface area (Å²) in [5.74, 6) is 1.61. The fourth-order valence-corrected chi connectivity index (χ4v) is 4.84. The fourth-order valence-electron chi connectivity index (χ4n) is 4.84. The molecule has 24 heavy (non-hydrogen) atoms. The lowest BCUT2D eigenvalue weighted by Crippen LogP contribution is -2.42. The van der Waals surface area contributed by atoms with Gasteiger partial charge in [0.1, 0.15) is 0 Å². The lowest BCUT2D eigenvalue weighted by molar-refractivity contribution is -0.0509. The predicted octanol–water partition coefficient (Wildman–Crippen LogP) is 3.22. The van der Waals surface area contributed by atoms with Crippen LogP contribution in [-0.4, -0.2) is 52.9 Å². The topological polar surface area (TPSA) is 36.9 Å². The van der Waals surface area contributed by atoms with Crippen LogP contribution in [0.2, 0.25) is 0 Å². The summed E-state index contributed by atoms with van der Waals surface area (Å²) in [5.41, 5.74) is 0. The summed E-state index contributed by atoms with van der Waals surface area (Å²) in [7, 11) is 7.32. The lowest BCUT2D eigenvalue weighted by atomic mass is 9.72. The maximum Gasteiger partial charge on any atom is 0.0641 e. The van der Waals surface area contributed by atoms with Gasteiger partial charge in [-0.25, -0.2) is 0 Å². The standard InChI is InChI=1S/C20H32O4/c1-21-17-9-14-7-8-16-12-19(23-3)15(11-20(16)24-4)6-5-13(17)10-18(14)22-2/h5-8,13-20H,9-12H2,1-4H3/b6-5-,8-7-/t13-,14-,15-,16-,17+,18?,19+,20?/m1/s1. The first-order valence-electron chi connectivity index (χ1n) is 9.18. The summed E-state index contributed by atoms with van der Waals surface area (Å²) in [6.45, 7) is 0. The van der Waals surface area contributed by atoms with Crippen LogP contribution in [0.3, 0.4) is 0 Å². The Hall–Kier alpha value is -0.680. The van der Waals surface area contributed by atoms with Gasteiger partial charge in [0.2, 0.25) is 0 Å². The molecule has 0 spiro atoms. The molecule has 0 heterocycles. The van der Waals surface area contributed by atoms with Crippen molar-refractivity contribution in [2.45, 2.75) is 50.1 Å². The quantitative estimate of drug-likeness (QED) is 0.739. The summed E-state index contributed by atoms with van der Waals surface area (Å²) >= 11 is 0. The molecule has 0 aromatic heterocycles. The van der Waals surface area contributed by atoms with Crippen LogP contribution in [0.5, 0.6) is 0 Å². The zero-order chi connectivity index (χ0) is 17.1. The Labute approximate surface area is 146 Å². The molecule has 0 saturated heterocycles. The summed E-state index contributed by atoms with van der Waals surface area (Å²) in [5, 5.41) is 0. The van der Waals surface area contributed by atoms with Crippen molar-refractivity contribution in [3.05, 3.63) is 24.3 Å². The maximum atomic E-state index is 5.80. The van der Waals surface area contributed by atoms with Crippen LogP contribution in [0, 0.1) is 23.7 Å². The van der Waals surface area contributed by atoms with Crippen LogP contribution in [0.15, 0.2) is 24.3 Å². The van der Waals surface area contributed by atoms with Crippen molar-refractivity contribution < 1.29 is 18.9 Å². The van der Waals surface area contributed by atoms with Gasteiger partial charge in [0.05, 0.1) is 24.4 Å². The Morgan fingerprint density at radius 1 is 0.458 bits per heavy atom. The van der Waals surface area contributed by atoms with E-state index in [2.05, 4.69) is 24.3 Å². The van der Waals surface area contributed by atoms with Gasteiger partial charge in [-0.1, -0.05) is 24.3 Å². The van der Waals surface area contributed by atoms with Gasteiger partial charge >= 0.3 is 0 Å². The Morgan fingerprint density at radius 3 is 0.833 bits per heavy atom. The molecule has 0 aliphatic heterocycles. The van der Waals surface area contributed by atoms with Gasteiger partial charge in [0.15, 0.2) is 0 Å². The first-order chi connectivity index (χ1) is 11.7. The van der Waals surface area contributed by atoms with Crippen molar-refractivity contribution in [1.82, 2.24) is 0 Å². The van der Waals surface area contributed by atoms with E-state index in [1.807, 2.05) is 28.4 Å². The highest BCUT2D eigenvalue weighted by molar-refractivity contribution is 5.11. The van der Waals surface area contributed by atoms with Crippen LogP contribution in [-0.2, 0) is 18.9 Å². The Balaban J connectivity index is 1.93. The molecule has 4 nitrogen and oxygen atoms in total. The Kier molecular flexibility index (Phi) is 6.14. The second-order valence-corrected chi connectivity index (χ2v) is 7.46. The number of hydrogen-bond acceptors (Lipinski definition) is 4. The minimum absolute atomic E-state index is 0.263. The largest absolute Gasteiger partial charge is 0.381 e. The van der Waals surface area contributed by atoms with Crippen molar-refractivity contribution in [3.8, 4) is 0 Å². The minimum atomic E-state index is 0.263. The molecule has 6 aliphatic carbocycles. The molecule has 0 amide bonds. The third kappa shape index (κ3) is 3.62. The molecule has 0 radical (unpaired) electrons. The molecule has 0 aromatic rings. The highest BCUT2D eigenvalue weighted by Crippen LogP contribution is 2.39. The van der Waals surface area contributed by atoms with E-state index in [0.29, 0.717) is 23.7 Å². The molecule has 2 saturated carbocycles. The second-order valence-electron chi connectivity index (χ2n) is 7.46. The maximum absolute atomic E-state index is 5.80. The Morgan fingerprint density at radius 2 is 0.667 bits per heavy atom. The van der Waals surface area contributed by atoms with Crippen molar-refractivity contribution in [2.24, 2.45) is 23.7 Å². The minimum Gasteiger partial charge on any atom is -0.381 e. The lowest BCUT2D eigenvalue weighted by Gasteiger charge is -2.41. The van der Waals surface area contributed by atoms with E-state index in [0.717, 1.165) is 25.7 Å². The van der Waals surface area contributed by atoms with Gasteiger partial charge in [-0.3, -0.25) is 0 Å². The molecule has 4 bridgehead atoms. The molecule has 0 aromatic carbocycles. The van der Waals surface area contributed by atoms with E-state index in [-0.39, 0.29) is 24.4 Å². The van der Waals surface area contributed by atoms with Gasteiger partial charge in [0.25, 0.3) is 0 Å². The highest BCUT2D eigenvalue weighted by atomic mass is 16.5. The SMILES string of the molecule is COC1C[C@H]2/C=C\[C@@H]3CC(OC)[C@H](/C=C\[C@@H]1C[C@@H]2OC)C[C@@H]3OC. The second kappa shape index (κ2) is 8.13. The molecule has 2 unspecified atom stereocenters. The summed E-state index contributed by atoms with van der Waals surface area (Å²) < 4.78 is 23.2. The predicted molar refractivity (Wildman–Crippen MR) is 93.9 cm³/mol. The van der Waals surface area contributed by atoms with Crippen molar-refractivity contribution in [1.29, 1.82) is 0 Å². The first-order valence-corrected chi connectivity index (χ1v) is 9.18. The van der Waals surface area contributed by atoms with E-state index in [1.54, 1.807) is 0 Å². The highest BCUT2D eigenvalue weighted by Gasteiger charge is 2.39. The van der Waals surface area contributed by atoms with Gasteiger partial charge < -0.3 is 18.9 Å². The fraction of sp³-hybridized carbons (Fsp3) is 0.800. The molecule has 0 N–H and O–H groups in total. The molecule has 136 valence electrons. The molecular weight excluding hydrogens is 304 g/mol. The number of rotatable bonds is 4. The zero-order valence-electron chi connectivity index (χ0n) is 15.4. The van der Waals surface area contributed by atoms with Gasteiger partial charge in [0, 0.05) is 52.1 Å². The van der Waals surface area contributed by atoms with E-state index >= 15 is 0 Å². The van der Waals surface area contributed by atoms with Crippen LogP contribution < -0.4 is 0 Å². The number of methoxy groups -OCH3 is 4. The average Bonchev–Trinajstić information content (AvgIpc) is 2.62. The summed E-state index contributed by atoms with van der Waals surface area (Å²) in [6, 6.07) is 0. The molecule has 6 aliphatic rings. The third-order valence-corrected chi connectivity index (χ3v) is 6.35. The molecule has 6 rings (SSSR count). The van der Waals surface area contributed by atoms with E-state index in [4.69, 9.17) is 18.9 Å². The van der Waals surface area contributed by atoms with Crippen molar-refractivity contribution in [3.63, 3.8) is 0 Å². The summed E-state index contributed by atoms with van der Waals surface area (Å²) in [4.78, 5) is 0. The van der Waals surface area contributed by atoms with Gasteiger partial charge in [-0.05, 0) is 25.7 Å². The van der Waals surface area contributed by atoms with Crippen LogP contribution in [0.1, 0.15) is 25.7 Å². The number of ether oxygens (including phenoxy) is 4. The molecular formula is C20H32O4. The van der Waals surface area contributed by atoms with Crippen molar-refractivity contribution in [2.75, 3.05) is 28.4 Å². The van der Waals surface area contributed by atoms with E-state index < -0.39 is 0 Å². The Bertz CT molecular complexity index is 379. The molecule has 4 heteroatoms. The van der Waals surface area contributed by atoms with E-state index in [1.165, 1.54) is 0 Å². The van der Waals surface area contributed by atoms with Gasteiger partial charge in [-0.2, -0.15) is 0 Å². The van der Waals surface area contributed by atoms with Crippen LogP contribution >= 0.6 is 0 Å². The van der Waals surface area contributed by atoms with E-state index in [9.17, 15) is 0 Å². The third-order valence-electron chi connectivity index (χ3n) is 6.35. The molecule has 2 fully saturated rings. The average molecular weight is 336 g/mol. The summed E-state index contributed by atoms with van der Waals surface area (Å²) in [6.07, 6.45) is 14.5. The number of hydrogen-bond donors (Lipinski definition) is 0. The molecule has 8 atom stereocenters. The van der Waals surface area contributed by atoms with Crippen LogP contribution in [0.4, 0.5) is 0 Å². The first kappa shape index (κ1) is 18.1. The van der Waals surface area contributed by atoms with Crippen LogP contribution in [0.25, 0.3) is 0 Å². The van der Waals surface area contributed by atoms with Crippen molar-refractivity contribution >= 4 is 0 Å². The smallest absolute Gasteiger partial charge is 0.0641 e.